The molecule has 8 heteroatoms. The highest BCUT2D eigenvalue weighted by Gasteiger charge is 2.19. The number of carbonyl (C=O) groups is 2. The lowest BCUT2D eigenvalue weighted by molar-refractivity contribution is -0.154. The average molecular weight is 282 g/mol. The van der Waals surface area contributed by atoms with Crippen LogP contribution < -0.4 is 0 Å². The fourth-order valence-corrected chi connectivity index (χ4v) is 0.786. The quantitative estimate of drug-likeness (QED) is 0.460. The summed E-state index contributed by atoms with van der Waals surface area (Å²) in [6.07, 6.45) is -2.36. The van der Waals surface area contributed by atoms with Crippen molar-refractivity contribution in [2.45, 2.75) is 38.6 Å². The minimum absolute atomic E-state index is 0.00667. The van der Waals surface area contributed by atoms with Gasteiger partial charge < -0.3 is 29.9 Å². The second kappa shape index (κ2) is 11.8. The Bertz CT molecular complexity index is 253. The van der Waals surface area contributed by atoms with Gasteiger partial charge in [-0.15, -0.1) is 0 Å². The van der Waals surface area contributed by atoms with Gasteiger partial charge in [0, 0.05) is 7.11 Å². The molecule has 0 amide bonds. The maximum absolute atomic E-state index is 10.1. The van der Waals surface area contributed by atoms with Crippen LogP contribution in [0.1, 0.15) is 20.3 Å². The largest absolute Gasteiger partial charge is 0.481 e. The monoisotopic (exact) mass is 282 g/mol. The summed E-state index contributed by atoms with van der Waals surface area (Å²) in [4.78, 5) is 20.0. The molecule has 4 N–H and O–H groups in total. The first-order valence-electron chi connectivity index (χ1n) is 5.62. The summed E-state index contributed by atoms with van der Waals surface area (Å²) in [6.45, 7) is 3.70. The van der Waals surface area contributed by atoms with Gasteiger partial charge in [0.05, 0.1) is 31.8 Å². The molecule has 8 nitrogen and oxygen atoms in total. The van der Waals surface area contributed by atoms with E-state index >= 15 is 0 Å². The maximum atomic E-state index is 10.1. The molecule has 0 radical (unpaired) electrons. The van der Waals surface area contributed by atoms with E-state index in [1.54, 1.807) is 13.8 Å². The number of carboxylic acid groups (broad SMARTS) is 2. The minimum Gasteiger partial charge on any atom is -0.481 e. The third-order valence-electron chi connectivity index (χ3n) is 1.80. The number of aliphatic carboxylic acids is 2. The maximum Gasteiger partial charge on any atom is 0.333 e. The first kappa shape index (κ1) is 20.1. The van der Waals surface area contributed by atoms with E-state index in [0.717, 1.165) is 7.11 Å². The Hall–Kier alpha value is -1.22. The van der Waals surface area contributed by atoms with Crippen LogP contribution in [0.5, 0.6) is 0 Å². The third kappa shape index (κ3) is 14.7. The lowest BCUT2D eigenvalue weighted by Gasteiger charge is -2.10. The van der Waals surface area contributed by atoms with E-state index < -0.39 is 30.6 Å². The van der Waals surface area contributed by atoms with Gasteiger partial charge in [-0.05, 0) is 13.8 Å². The molecule has 0 heterocycles. The number of aliphatic hydroxyl groups excluding tert-OH is 2. The average Bonchev–Trinajstić information content (AvgIpc) is 2.33. The first-order valence-corrected chi connectivity index (χ1v) is 5.62. The van der Waals surface area contributed by atoms with Crippen molar-refractivity contribution in [3.8, 4) is 0 Å². The third-order valence-corrected chi connectivity index (χ3v) is 1.80. The summed E-state index contributed by atoms with van der Waals surface area (Å²) in [6, 6.07) is 0. The van der Waals surface area contributed by atoms with Gasteiger partial charge >= 0.3 is 11.9 Å². The molecule has 19 heavy (non-hydrogen) atoms. The molecular weight excluding hydrogens is 260 g/mol. The summed E-state index contributed by atoms with van der Waals surface area (Å²) in [7, 11) is 1.15. The van der Waals surface area contributed by atoms with Crippen molar-refractivity contribution in [1.82, 2.24) is 0 Å². The zero-order valence-corrected chi connectivity index (χ0v) is 11.3. The topological polar surface area (TPSA) is 134 Å². The number of ether oxygens (including phenoxy) is 2. The molecule has 0 aliphatic heterocycles. The highest BCUT2D eigenvalue weighted by molar-refractivity contribution is 5.79. The predicted octanol–water partition coefficient (Wildman–Crippen LogP) is -0.675. The lowest BCUT2D eigenvalue weighted by Crippen LogP contribution is -2.25. The molecule has 0 aliphatic rings. The van der Waals surface area contributed by atoms with Crippen molar-refractivity contribution in [3.05, 3.63) is 0 Å². The van der Waals surface area contributed by atoms with Gasteiger partial charge in [-0.2, -0.15) is 0 Å². The molecule has 0 aromatic heterocycles. The van der Waals surface area contributed by atoms with E-state index in [4.69, 9.17) is 25.2 Å². The summed E-state index contributed by atoms with van der Waals surface area (Å²) in [5, 5.41) is 33.5. The summed E-state index contributed by atoms with van der Waals surface area (Å²) < 4.78 is 9.29. The SMILES string of the molecule is CC(O)COC(C)CO.COC(CC(=O)O)C(=O)O. The van der Waals surface area contributed by atoms with Crippen molar-refractivity contribution >= 4 is 11.9 Å². The van der Waals surface area contributed by atoms with E-state index in [1.807, 2.05) is 0 Å². The number of methoxy groups -OCH3 is 1. The molecular formula is C11H22O8. The van der Waals surface area contributed by atoms with Gasteiger partial charge in [-0.1, -0.05) is 0 Å². The molecule has 0 aliphatic carbocycles. The van der Waals surface area contributed by atoms with Gasteiger partial charge in [0.25, 0.3) is 0 Å². The molecule has 0 saturated carbocycles. The van der Waals surface area contributed by atoms with Gasteiger partial charge in [-0.3, -0.25) is 4.79 Å². The minimum atomic E-state index is -1.26. The zero-order valence-electron chi connectivity index (χ0n) is 11.3. The number of hydrogen-bond acceptors (Lipinski definition) is 6. The van der Waals surface area contributed by atoms with Gasteiger partial charge in [-0.25, -0.2) is 4.79 Å². The molecule has 0 rings (SSSR count). The van der Waals surface area contributed by atoms with Gasteiger partial charge in [0.15, 0.2) is 6.10 Å². The number of carboxylic acids is 2. The zero-order chi connectivity index (χ0) is 15.4. The predicted molar refractivity (Wildman–Crippen MR) is 64.9 cm³/mol. The normalized spacial score (nSPS) is 14.8. The van der Waals surface area contributed by atoms with E-state index in [9.17, 15) is 9.59 Å². The number of aliphatic hydroxyl groups is 2. The Morgan fingerprint density at radius 3 is 1.95 bits per heavy atom. The van der Waals surface area contributed by atoms with Crippen LogP contribution in [0.2, 0.25) is 0 Å². The second-order valence-corrected chi connectivity index (χ2v) is 3.84. The van der Waals surface area contributed by atoms with Crippen molar-refractivity contribution in [1.29, 1.82) is 0 Å². The number of rotatable bonds is 8. The molecule has 0 aromatic carbocycles. The molecule has 0 fully saturated rings. The first-order chi connectivity index (χ1) is 8.74. The molecule has 0 spiro atoms. The van der Waals surface area contributed by atoms with Gasteiger partial charge in [0.2, 0.25) is 0 Å². The Morgan fingerprint density at radius 2 is 1.74 bits per heavy atom. The van der Waals surface area contributed by atoms with E-state index in [1.165, 1.54) is 0 Å². The molecule has 0 saturated heterocycles. The lowest BCUT2D eigenvalue weighted by atomic mass is 10.2. The van der Waals surface area contributed by atoms with Crippen molar-refractivity contribution in [2.75, 3.05) is 20.3 Å². The summed E-state index contributed by atoms with van der Waals surface area (Å²) >= 11 is 0. The number of hydrogen-bond donors (Lipinski definition) is 4. The van der Waals surface area contributed by atoms with Crippen LogP contribution in [-0.4, -0.2) is 71.0 Å². The van der Waals surface area contributed by atoms with Crippen LogP contribution >= 0.6 is 0 Å². The van der Waals surface area contributed by atoms with E-state index in [0.29, 0.717) is 6.61 Å². The van der Waals surface area contributed by atoms with Crippen LogP contribution in [0.15, 0.2) is 0 Å². The van der Waals surface area contributed by atoms with E-state index in [-0.39, 0.29) is 12.7 Å². The van der Waals surface area contributed by atoms with Crippen LogP contribution in [0.25, 0.3) is 0 Å². The smallest absolute Gasteiger partial charge is 0.333 e. The van der Waals surface area contributed by atoms with Crippen molar-refractivity contribution in [2.24, 2.45) is 0 Å². The second-order valence-electron chi connectivity index (χ2n) is 3.84. The highest BCUT2D eigenvalue weighted by atomic mass is 16.5. The van der Waals surface area contributed by atoms with E-state index in [2.05, 4.69) is 4.74 Å². The molecule has 114 valence electrons. The molecule has 0 aromatic rings. The Kier molecular flexibility index (Phi) is 12.5. The fourth-order valence-electron chi connectivity index (χ4n) is 0.786. The van der Waals surface area contributed by atoms with Crippen LogP contribution in [0.3, 0.4) is 0 Å². The molecule has 0 bridgehead atoms. The van der Waals surface area contributed by atoms with Crippen LogP contribution in [-0.2, 0) is 19.1 Å². The Balaban J connectivity index is 0. The fraction of sp³-hybridized carbons (Fsp3) is 0.818. The Morgan fingerprint density at radius 1 is 1.21 bits per heavy atom. The van der Waals surface area contributed by atoms with Crippen LogP contribution in [0, 0.1) is 0 Å². The molecule has 3 unspecified atom stereocenters. The Labute approximate surface area is 111 Å². The van der Waals surface area contributed by atoms with Gasteiger partial charge in [0.1, 0.15) is 0 Å². The summed E-state index contributed by atoms with van der Waals surface area (Å²) in [5.74, 6) is -2.45. The van der Waals surface area contributed by atoms with Crippen molar-refractivity contribution in [3.63, 3.8) is 0 Å². The molecule has 3 atom stereocenters. The van der Waals surface area contributed by atoms with Crippen LogP contribution in [0.4, 0.5) is 0 Å². The standard InChI is InChI=1S/C6H14O3.C5H8O5/c1-5(8)4-9-6(2)3-7;1-10-3(5(8)9)2-4(6)7/h5-8H,3-4H2,1-2H3;3H,2H2,1H3,(H,6,7)(H,8,9). The highest BCUT2D eigenvalue weighted by Crippen LogP contribution is 1.96. The summed E-state index contributed by atoms with van der Waals surface area (Å²) in [5.41, 5.74) is 0. The van der Waals surface area contributed by atoms with Crippen molar-refractivity contribution < 1.29 is 39.5 Å².